The fourth-order valence-electron chi connectivity index (χ4n) is 4.23. The molecule has 3 N–H and O–H groups in total. The van der Waals surface area contributed by atoms with Gasteiger partial charge in [0.05, 0.1) is 23.0 Å². The van der Waals surface area contributed by atoms with Crippen molar-refractivity contribution in [3.8, 4) is 11.3 Å². The summed E-state index contributed by atoms with van der Waals surface area (Å²) in [5.41, 5.74) is -4.16. The molecule has 0 aliphatic carbocycles. The molecule has 4 rings (SSSR count). The Morgan fingerprint density at radius 3 is 2.50 bits per heavy atom. The van der Waals surface area contributed by atoms with Gasteiger partial charge in [-0.3, -0.25) is 14.6 Å². The Labute approximate surface area is 222 Å². The molecular formula is C26H23F6N5O3. The maximum atomic E-state index is 14.9. The highest BCUT2D eigenvalue weighted by molar-refractivity contribution is 5.86. The number of aryl methyl sites for hydroxylation is 1. The smallest absolute Gasteiger partial charge is 0.390 e. The molecule has 1 unspecified atom stereocenters. The van der Waals surface area contributed by atoms with Crippen molar-refractivity contribution in [2.75, 3.05) is 11.9 Å². The number of aromatic amines is 1. The normalized spacial score (nSPS) is 13.0. The first kappa shape index (κ1) is 28.8. The van der Waals surface area contributed by atoms with E-state index in [0.29, 0.717) is 18.2 Å². The Bertz CT molecular complexity index is 1630. The van der Waals surface area contributed by atoms with Crippen LogP contribution in [0.25, 0.3) is 22.0 Å². The van der Waals surface area contributed by atoms with Gasteiger partial charge in [0.25, 0.3) is 17.0 Å². The Hall–Kier alpha value is -4.20. The number of anilines is 1. The summed E-state index contributed by atoms with van der Waals surface area (Å²) >= 11 is 0. The van der Waals surface area contributed by atoms with Crippen LogP contribution < -0.4 is 16.4 Å². The number of alkyl halides is 5. The number of hydrogen-bond acceptors (Lipinski definition) is 6. The van der Waals surface area contributed by atoms with Crippen molar-refractivity contribution >= 4 is 16.5 Å². The Balaban J connectivity index is 1.47. The van der Waals surface area contributed by atoms with Crippen molar-refractivity contribution < 1.29 is 31.4 Å². The third-order valence-corrected chi connectivity index (χ3v) is 6.30. The number of aliphatic hydroxyl groups excluding tert-OH is 1. The van der Waals surface area contributed by atoms with Gasteiger partial charge in [0.2, 0.25) is 0 Å². The number of aromatic nitrogens is 4. The molecule has 1 atom stereocenters. The van der Waals surface area contributed by atoms with E-state index in [4.69, 9.17) is 5.11 Å². The van der Waals surface area contributed by atoms with Crippen LogP contribution in [0.1, 0.15) is 30.9 Å². The average molecular weight is 567 g/mol. The lowest BCUT2D eigenvalue weighted by Gasteiger charge is -2.18. The number of rotatable bonds is 9. The van der Waals surface area contributed by atoms with Crippen molar-refractivity contribution in [1.82, 2.24) is 19.7 Å². The predicted octanol–water partition coefficient (Wildman–Crippen LogP) is 4.67. The zero-order valence-corrected chi connectivity index (χ0v) is 20.9. The molecule has 0 radical (unpaired) electrons. The van der Waals surface area contributed by atoms with Gasteiger partial charge < -0.3 is 15.0 Å². The van der Waals surface area contributed by atoms with Gasteiger partial charge in [-0.2, -0.15) is 27.1 Å². The highest BCUT2D eigenvalue weighted by Gasteiger charge is 2.37. The van der Waals surface area contributed by atoms with Crippen molar-refractivity contribution in [2.24, 2.45) is 0 Å². The number of fused-ring (bicyclic) bond motifs is 1. The van der Waals surface area contributed by atoms with Crippen LogP contribution in [0.5, 0.6) is 0 Å². The van der Waals surface area contributed by atoms with Gasteiger partial charge in [0.15, 0.2) is 0 Å². The number of pyridine rings is 2. The van der Waals surface area contributed by atoms with Crippen molar-refractivity contribution in [3.63, 3.8) is 0 Å². The van der Waals surface area contributed by atoms with Crippen LogP contribution >= 0.6 is 0 Å². The molecule has 1 aromatic carbocycles. The minimum absolute atomic E-state index is 0.00382. The second-order valence-electron chi connectivity index (χ2n) is 9.20. The highest BCUT2D eigenvalue weighted by atomic mass is 19.4. The van der Waals surface area contributed by atoms with Gasteiger partial charge in [-0.1, -0.05) is 0 Å². The Morgan fingerprint density at radius 1 is 1.10 bits per heavy atom. The first-order valence-electron chi connectivity index (χ1n) is 12.0. The molecular weight excluding hydrogens is 544 g/mol. The molecule has 0 saturated heterocycles. The molecule has 0 saturated carbocycles. The molecule has 0 aliphatic heterocycles. The lowest BCUT2D eigenvalue weighted by atomic mass is 10.0. The lowest BCUT2D eigenvalue weighted by molar-refractivity contribution is -0.138. The van der Waals surface area contributed by atoms with E-state index in [-0.39, 0.29) is 23.2 Å². The topological polar surface area (TPSA) is 113 Å². The van der Waals surface area contributed by atoms with Gasteiger partial charge in [-0.25, -0.2) is 9.49 Å². The summed E-state index contributed by atoms with van der Waals surface area (Å²) in [6.45, 7) is 0.406. The second kappa shape index (κ2) is 11.1. The van der Waals surface area contributed by atoms with Gasteiger partial charge in [-0.15, -0.1) is 0 Å². The number of H-pyrrole nitrogens is 1. The quantitative estimate of drug-likeness (QED) is 0.254. The average Bonchev–Trinajstić information content (AvgIpc) is 2.89. The van der Waals surface area contributed by atoms with Gasteiger partial charge in [-0.05, 0) is 55.5 Å². The summed E-state index contributed by atoms with van der Waals surface area (Å²) in [6, 6.07) is 5.71. The van der Waals surface area contributed by atoms with E-state index < -0.39 is 58.5 Å². The molecule has 212 valence electrons. The van der Waals surface area contributed by atoms with Crippen molar-refractivity contribution in [1.29, 1.82) is 0 Å². The summed E-state index contributed by atoms with van der Waals surface area (Å²) in [5, 5.41) is 17.1. The molecule has 0 fully saturated rings. The minimum Gasteiger partial charge on any atom is -0.390 e. The molecule has 0 bridgehead atoms. The number of aliphatic hydroxyl groups is 1. The number of nitrogens with zero attached hydrogens (tertiary/aromatic N) is 3. The van der Waals surface area contributed by atoms with E-state index in [1.807, 2.05) is 0 Å². The third-order valence-electron chi connectivity index (χ3n) is 6.30. The minimum atomic E-state index is -4.87. The number of nitrogens with one attached hydrogen (secondary N) is 2. The van der Waals surface area contributed by atoms with Gasteiger partial charge in [0.1, 0.15) is 18.0 Å². The molecule has 3 aromatic heterocycles. The molecule has 0 aliphatic rings. The van der Waals surface area contributed by atoms with E-state index in [0.717, 1.165) is 24.5 Å². The fraction of sp³-hybridized carbons (Fsp3) is 0.308. The van der Waals surface area contributed by atoms with E-state index in [9.17, 15) is 35.9 Å². The summed E-state index contributed by atoms with van der Waals surface area (Å²) in [4.78, 5) is 28.5. The van der Waals surface area contributed by atoms with Crippen LogP contribution in [0.4, 0.5) is 32.0 Å². The fourth-order valence-corrected chi connectivity index (χ4v) is 4.23. The summed E-state index contributed by atoms with van der Waals surface area (Å²) in [6.07, 6.45) is -0.956. The zero-order chi connectivity index (χ0) is 29.2. The summed E-state index contributed by atoms with van der Waals surface area (Å²) in [5.74, 6) is -4.28. The molecule has 40 heavy (non-hydrogen) atoms. The second-order valence-corrected chi connectivity index (χ2v) is 9.20. The molecule has 0 amide bonds. The van der Waals surface area contributed by atoms with E-state index in [2.05, 4.69) is 15.4 Å². The molecule has 8 nitrogen and oxygen atoms in total. The zero-order valence-electron chi connectivity index (χ0n) is 20.9. The van der Waals surface area contributed by atoms with Crippen LogP contribution in [0.3, 0.4) is 0 Å². The number of halogens is 6. The molecule has 3 heterocycles. The SMILES string of the molecule is CC(CCCn1ccc2cc(-c3ccc(C(F)(F)CO)cn3)c(F)cc2c1=O)Nc1cn[nH]c(=O)c1C(F)(F)F. The predicted molar refractivity (Wildman–Crippen MR) is 135 cm³/mol. The molecule has 0 spiro atoms. The van der Waals surface area contributed by atoms with E-state index in [1.54, 1.807) is 18.1 Å². The lowest BCUT2D eigenvalue weighted by Crippen LogP contribution is -2.27. The molecule has 4 aromatic rings. The standard InChI is InChI=1S/C26H23F6N5O3/c1-14(35-21-12-34-36-23(39)22(21)26(30,31)32)3-2-7-37-8-6-15-9-18(19(27)10-17(15)24(37)40)20-5-4-16(11-33-20)25(28,29)13-38/h4-6,8-12,14,38H,2-3,7,13H2,1H3,(H2,35,36,39). The first-order valence-corrected chi connectivity index (χ1v) is 12.0. The van der Waals surface area contributed by atoms with E-state index >= 15 is 0 Å². The first-order chi connectivity index (χ1) is 18.8. The summed E-state index contributed by atoms with van der Waals surface area (Å²) < 4.78 is 83.2. The summed E-state index contributed by atoms with van der Waals surface area (Å²) in [7, 11) is 0. The van der Waals surface area contributed by atoms with E-state index in [1.165, 1.54) is 22.9 Å². The van der Waals surface area contributed by atoms with Crippen molar-refractivity contribution in [3.05, 3.63) is 86.6 Å². The van der Waals surface area contributed by atoms with Crippen LogP contribution in [0.15, 0.2) is 58.5 Å². The number of benzene rings is 1. The Kier molecular flexibility index (Phi) is 8.00. The highest BCUT2D eigenvalue weighted by Crippen LogP contribution is 2.32. The molecule has 14 heteroatoms. The van der Waals surface area contributed by atoms with Crippen LogP contribution in [-0.4, -0.2) is 37.5 Å². The largest absolute Gasteiger partial charge is 0.423 e. The monoisotopic (exact) mass is 567 g/mol. The van der Waals surface area contributed by atoms with Crippen molar-refractivity contribution in [2.45, 2.75) is 44.5 Å². The van der Waals surface area contributed by atoms with Crippen LogP contribution in [-0.2, 0) is 18.6 Å². The maximum Gasteiger partial charge on any atom is 0.423 e. The number of hydrogen-bond donors (Lipinski definition) is 3. The third kappa shape index (κ3) is 6.01. The maximum absolute atomic E-state index is 14.9. The van der Waals surface area contributed by atoms with Gasteiger partial charge in [0, 0.05) is 36.1 Å². The Morgan fingerprint density at radius 2 is 1.85 bits per heavy atom. The van der Waals surface area contributed by atoms with Crippen LogP contribution in [0, 0.1) is 5.82 Å². The van der Waals surface area contributed by atoms with Gasteiger partial charge >= 0.3 is 6.18 Å². The van der Waals surface area contributed by atoms with Crippen LogP contribution in [0.2, 0.25) is 0 Å².